The number of hydrogen-bond donors (Lipinski definition) is 0. The molecule has 0 bridgehead atoms. The molecular weight excluding hydrogens is 391 g/mol. The average molecular weight is 419 g/mol. The molecule has 0 aliphatic carbocycles. The number of likely N-dealkylation sites (N-methyl/N-ethyl adjacent to an activating group) is 1. The topological polar surface area (TPSA) is 50.6 Å². The van der Waals surface area contributed by atoms with Gasteiger partial charge in [0, 0.05) is 32.1 Å². The maximum Gasteiger partial charge on any atom is 0.264 e. The highest BCUT2D eigenvalue weighted by molar-refractivity contribution is 7.20. The fourth-order valence-electron chi connectivity index (χ4n) is 3.08. The van der Waals surface area contributed by atoms with Crippen molar-refractivity contribution in [3.8, 4) is 0 Å². The maximum absolute atomic E-state index is 13.2. The Kier molecular flexibility index (Phi) is 7.00. The Hall–Kier alpha value is -2.29. The van der Waals surface area contributed by atoms with Crippen LogP contribution in [0.3, 0.4) is 0 Å². The summed E-state index contributed by atoms with van der Waals surface area (Å²) < 4.78 is 20.2. The minimum Gasteiger partial charge on any atom is -0.383 e. The summed E-state index contributed by atoms with van der Waals surface area (Å²) in [5, 5.41) is 5.59. The molecular formula is C21H27FN4O2S. The van der Waals surface area contributed by atoms with Gasteiger partial charge in [0.05, 0.1) is 23.7 Å². The second-order valence-corrected chi connectivity index (χ2v) is 8.32. The molecule has 1 amide bonds. The van der Waals surface area contributed by atoms with Gasteiger partial charge in [-0.1, -0.05) is 12.1 Å². The van der Waals surface area contributed by atoms with E-state index in [4.69, 9.17) is 4.74 Å². The van der Waals surface area contributed by atoms with Crippen LogP contribution < -0.4 is 0 Å². The average Bonchev–Trinajstić information content (AvgIpc) is 3.24. The quantitative estimate of drug-likeness (QED) is 0.535. The summed E-state index contributed by atoms with van der Waals surface area (Å²) in [4.78, 5) is 18.7. The lowest BCUT2D eigenvalue weighted by Crippen LogP contribution is -2.38. The molecule has 0 unspecified atom stereocenters. The van der Waals surface area contributed by atoms with Gasteiger partial charge in [-0.15, -0.1) is 11.3 Å². The highest BCUT2D eigenvalue weighted by Crippen LogP contribution is 2.29. The van der Waals surface area contributed by atoms with Crippen molar-refractivity contribution in [1.29, 1.82) is 0 Å². The maximum atomic E-state index is 13.2. The van der Waals surface area contributed by atoms with Gasteiger partial charge in [-0.2, -0.15) is 5.10 Å². The predicted molar refractivity (Wildman–Crippen MR) is 114 cm³/mol. The monoisotopic (exact) mass is 418 g/mol. The van der Waals surface area contributed by atoms with Gasteiger partial charge in [0.2, 0.25) is 0 Å². The van der Waals surface area contributed by atoms with E-state index in [1.54, 1.807) is 19.2 Å². The number of rotatable bonds is 9. The molecule has 156 valence electrons. The molecule has 0 fully saturated rings. The Balaban J connectivity index is 1.85. The molecule has 0 radical (unpaired) electrons. The predicted octanol–water partition coefficient (Wildman–Crippen LogP) is 3.24. The van der Waals surface area contributed by atoms with Gasteiger partial charge in [-0.25, -0.2) is 4.39 Å². The number of carbonyl (C=O) groups is 1. The lowest BCUT2D eigenvalue weighted by atomic mass is 10.2. The van der Waals surface area contributed by atoms with Crippen LogP contribution in [0.25, 0.3) is 10.2 Å². The number of nitrogens with zero attached hydrogens (tertiary/aromatic N) is 4. The zero-order valence-corrected chi connectivity index (χ0v) is 18.1. The third kappa shape index (κ3) is 5.20. The molecule has 29 heavy (non-hydrogen) atoms. The van der Waals surface area contributed by atoms with Gasteiger partial charge in [-0.3, -0.25) is 9.48 Å². The number of thiophene rings is 1. The minimum absolute atomic E-state index is 0.0119. The molecule has 2 aromatic heterocycles. The third-order valence-electron chi connectivity index (χ3n) is 4.73. The number of hydrogen-bond acceptors (Lipinski definition) is 5. The molecule has 2 heterocycles. The molecule has 0 atom stereocenters. The number of aromatic nitrogens is 2. The molecule has 1 aromatic carbocycles. The molecule has 0 aliphatic heterocycles. The first-order chi connectivity index (χ1) is 13.9. The number of benzene rings is 1. The van der Waals surface area contributed by atoms with E-state index < -0.39 is 0 Å². The number of amides is 1. The van der Waals surface area contributed by atoms with Crippen LogP contribution in [0.4, 0.5) is 4.39 Å². The molecule has 3 aromatic rings. The zero-order valence-electron chi connectivity index (χ0n) is 17.3. The summed E-state index contributed by atoms with van der Waals surface area (Å²) in [6.45, 7) is 4.97. The number of carbonyl (C=O) groups excluding carboxylic acids is 1. The molecule has 6 nitrogen and oxygen atoms in total. The second-order valence-electron chi connectivity index (χ2n) is 7.29. The smallest absolute Gasteiger partial charge is 0.264 e. The van der Waals surface area contributed by atoms with Crippen LogP contribution >= 0.6 is 11.3 Å². The van der Waals surface area contributed by atoms with Crippen molar-refractivity contribution >= 4 is 27.5 Å². The summed E-state index contributed by atoms with van der Waals surface area (Å²) in [7, 11) is 5.62. The van der Waals surface area contributed by atoms with E-state index in [2.05, 4.69) is 10.00 Å². The van der Waals surface area contributed by atoms with Crippen LogP contribution in [-0.4, -0.2) is 72.9 Å². The largest absolute Gasteiger partial charge is 0.383 e. The van der Waals surface area contributed by atoms with E-state index in [-0.39, 0.29) is 11.7 Å². The highest BCUT2D eigenvalue weighted by Gasteiger charge is 2.21. The Bertz CT molecular complexity index is 965. The summed E-state index contributed by atoms with van der Waals surface area (Å²) in [6.07, 6.45) is 0. The first-order valence-corrected chi connectivity index (χ1v) is 10.3. The molecule has 0 N–H and O–H groups in total. The van der Waals surface area contributed by atoms with Gasteiger partial charge >= 0.3 is 0 Å². The Morgan fingerprint density at radius 2 is 1.93 bits per heavy atom. The van der Waals surface area contributed by atoms with Crippen molar-refractivity contribution < 1.29 is 13.9 Å². The van der Waals surface area contributed by atoms with Crippen LogP contribution in [0.15, 0.2) is 30.3 Å². The van der Waals surface area contributed by atoms with Crippen molar-refractivity contribution in [2.45, 2.75) is 13.5 Å². The van der Waals surface area contributed by atoms with Crippen LogP contribution in [0, 0.1) is 12.7 Å². The molecule has 3 rings (SSSR count). The van der Waals surface area contributed by atoms with Crippen molar-refractivity contribution in [1.82, 2.24) is 19.6 Å². The Morgan fingerprint density at radius 1 is 1.21 bits per heavy atom. The fraction of sp³-hybridized carbons (Fsp3) is 0.429. The second kappa shape index (κ2) is 9.47. The lowest BCUT2D eigenvalue weighted by molar-refractivity contribution is 0.0688. The molecule has 0 aliphatic rings. The first-order valence-electron chi connectivity index (χ1n) is 9.53. The Labute approximate surface area is 174 Å². The summed E-state index contributed by atoms with van der Waals surface area (Å²) >= 11 is 1.45. The van der Waals surface area contributed by atoms with Crippen LogP contribution in [0.2, 0.25) is 0 Å². The van der Waals surface area contributed by atoms with E-state index in [1.165, 1.54) is 23.5 Å². The van der Waals surface area contributed by atoms with Gasteiger partial charge in [-0.05, 0) is 44.8 Å². The number of methoxy groups -OCH3 is 1. The number of fused-ring (bicyclic) bond motifs is 1. The number of halogens is 1. The summed E-state index contributed by atoms with van der Waals surface area (Å²) in [5.41, 5.74) is 1.85. The van der Waals surface area contributed by atoms with Crippen molar-refractivity contribution in [3.05, 3.63) is 52.3 Å². The van der Waals surface area contributed by atoms with Crippen LogP contribution in [-0.2, 0) is 11.3 Å². The molecule has 0 saturated heterocycles. The van der Waals surface area contributed by atoms with Crippen molar-refractivity contribution in [3.63, 3.8) is 0 Å². The van der Waals surface area contributed by atoms with Crippen molar-refractivity contribution in [2.24, 2.45) is 0 Å². The van der Waals surface area contributed by atoms with E-state index in [0.717, 1.165) is 28.0 Å². The van der Waals surface area contributed by atoms with Crippen LogP contribution in [0.5, 0.6) is 0 Å². The molecule has 8 heteroatoms. The fourth-order valence-corrected chi connectivity index (χ4v) is 4.21. The van der Waals surface area contributed by atoms with E-state index >= 15 is 0 Å². The molecule has 0 saturated carbocycles. The van der Waals surface area contributed by atoms with Crippen LogP contribution in [0.1, 0.15) is 20.9 Å². The van der Waals surface area contributed by atoms with E-state index in [9.17, 15) is 9.18 Å². The van der Waals surface area contributed by atoms with Crippen molar-refractivity contribution in [2.75, 3.05) is 47.4 Å². The number of ether oxygens (including phenoxy) is 1. The highest BCUT2D eigenvalue weighted by atomic mass is 32.1. The first kappa shape index (κ1) is 21.4. The van der Waals surface area contributed by atoms with Gasteiger partial charge in [0.25, 0.3) is 5.91 Å². The number of aryl methyl sites for hydroxylation is 1. The van der Waals surface area contributed by atoms with E-state index in [1.807, 2.05) is 36.7 Å². The SMILES string of the molecule is COCCN(CCN(C)C)C(=O)c1cc2c(C)nn(Cc3ccc(F)cc3)c2s1. The Morgan fingerprint density at radius 3 is 2.59 bits per heavy atom. The summed E-state index contributed by atoms with van der Waals surface area (Å²) in [6, 6.07) is 8.34. The minimum atomic E-state index is -0.256. The van der Waals surface area contributed by atoms with Gasteiger partial charge in [0.1, 0.15) is 10.6 Å². The lowest BCUT2D eigenvalue weighted by Gasteiger charge is -2.23. The van der Waals surface area contributed by atoms with Gasteiger partial charge in [0.15, 0.2) is 0 Å². The van der Waals surface area contributed by atoms with Gasteiger partial charge < -0.3 is 14.5 Å². The molecule has 0 spiro atoms. The van der Waals surface area contributed by atoms with E-state index in [0.29, 0.717) is 31.1 Å². The summed E-state index contributed by atoms with van der Waals surface area (Å²) in [5.74, 6) is -0.244. The standard InChI is InChI=1S/C21H27FN4O2S/c1-15-18-13-19(20(27)25(11-12-28-4)10-9-24(2)3)29-21(18)26(23-15)14-16-5-7-17(22)8-6-16/h5-8,13H,9-12,14H2,1-4H3. The zero-order chi connectivity index (χ0) is 21.0. The normalized spacial score (nSPS) is 11.5. The third-order valence-corrected chi connectivity index (χ3v) is 5.87.